The summed E-state index contributed by atoms with van der Waals surface area (Å²) in [5, 5.41) is 5.49. The van der Waals surface area contributed by atoms with Crippen molar-refractivity contribution in [3.8, 4) is 5.75 Å². The number of carbonyl (C=O) groups is 1. The van der Waals surface area contributed by atoms with Crippen LogP contribution in [0.25, 0.3) is 0 Å². The number of hydrogen-bond acceptors (Lipinski definition) is 3. The van der Waals surface area contributed by atoms with Crippen LogP contribution in [0.15, 0.2) is 18.2 Å². The van der Waals surface area contributed by atoms with Gasteiger partial charge in [-0.3, -0.25) is 9.48 Å². The molecule has 0 spiro atoms. The Labute approximate surface area is 143 Å². The monoisotopic (exact) mass is 383 g/mol. The van der Waals surface area contributed by atoms with E-state index in [0.717, 1.165) is 16.8 Å². The van der Waals surface area contributed by atoms with Crippen LogP contribution in [0, 0.1) is 12.7 Å². The maximum Gasteiger partial charge on any atom is 0.387 e. The Morgan fingerprint density at radius 2 is 2.04 bits per heavy atom. The summed E-state index contributed by atoms with van der Waals surface area (Å²) >= 11 is 5.71. The van der Waals surface area contributed by atoms with Crippen LogP contribution in [-0.2, 0) is 11.3 Å². The Balaban J connectivity index is 2.17. The number of hydrogen-bond donors (Lipinski definition) is 1. The predicted molar refractivity (Wildman–Crippen MR) is 78.6 cm³/mol. The summed E-state index contributed by atoms with van der Waals surface area (Å²) in [6.45, 7) is -2.35. The van der Waals surface area contributed by atoms with Gasteiger partial charge < -0.3 is 10.1 Å². The van der Waals surface area contributed by atoms with E-state index >= 15 is 0 Å². The first-order valence-corrected chi connectivity index (χ1v) is 7.12. The van der Waals surface area contributed by atoms with Gasteiger partial charge in [-0.05, 0) is 19.1 Å². The van der Waals surface area contributed by atoms with Gasteiger partial charge >= 0.3 is 6.61 Å². The van der Waals surface area contributed by atoms with Crippen molar-refractivity contribution >= 4 is 23.2 Å². The van der Waals surface area contributed by atoms with Crippen molar-refractivity contribution in [2.75, 3.05) is 5.32 Å². The first-order chi connectivity index (χ1) is 11.7. The molecule has 11 heteroatoms. The van der Waals surface area contributed by atoms with Crippen LogP contribution < -0.4 is 10.1 Å². The number of nitrogens with one attached hydrogen (secondary N) is 1. The zero-order valence-corrected chi connectivity index (χ0v) is 13.3. The van der Waals surface area contributed by atoms with E-state index in [1.54, 1.807) is 0 Å². The number of halogens is 6. The average Bonchev–Trinajstić information content (AvgIpc) is 2.78. The van der Waals surface area contributed by atoms with Gasteiger partial charge in [0, 0.05) is 6.07 Å². The van der Waals surface area contributed by atoms with Crippen molar-refractivity contribution in [1.82, 2.24) is 9.78 Å². The third-order valence-corrected chi connectivity index (χ3v) is 3.56. The SMILES string of the molecule is Cc1c(Cl)c(C(F)F)nn1CC(=O)Nc1ccc(F)cc1OC(F)F. The molecule has 5 nitrogen and oxygen atoms in total. The second-order valence-corrected chi connectivity index (χ2v) is 5.19. The van der Waals surface area contributed by atoms with Crippen LogP contribution in [0.4, 0.5) is 27.6 Å². The molecule has 2 aromatic rings. The molecule has 25 heavy (non-hydrogen) atoms. The minimum Gasteiger partial charge on any atom is -0.432 e. The maximum absolute atomic E-state index is 13.1. The normalized spacial score (nSPS) is 11.2. The van der Waals surface area contributed by atoms with E-state index in [9.17, 15) is 26.7 Å². The van der Waals surface area contributed by atoms with E-state index in [-0.39, 0.29) is 16.4 Å². The number of aromatic nitrogens is 2. The lowest BCUT2D eigenvalue weighted by Gasteiger charge is -2.12. The number of benzene rings is 1. The molecule has 1 heterocycles. The second kappa shape index (κ2) is 7.68. The second-order valence-electron chi connectivity index (χ2n) is 4.81. The van der Waals surface area contributed by atoms with Crippen molar-refractivity contribution in [3.63, 3.8) is 0 Å². The summed E-state index contributed by atoms with van der Waals surface area (Å²) < 4.78 is 68.3. The van der Waals surface area contributed by atoms with E-state index in [2.05, 4.69) is 15.2 Å². The fourth-order valence-electron chi connectivity index (χ4n) is 1.96. The molecule has 0 radical (unpaired) electrons. The number of anilines is 1. The minimum atomic E-state index is -3.22. The summed E-state index contributed by atoms with van der Waals surface area (Å²) in [7, 11) is 0. The van der Waals surface area contributed by atoms with Gasteiger partial charge in [-0.2, -0.15) is 13.9 Å². The topological polar surface area (TPSA) is 56.2 Å². The molecular weight excluding hydrogens is 373 g/mol. The molecule has 0 bridgehead atoms. The average molecular weight is 384 g/mol. The molecule has 0 fully saturated rings. The summed E-state index contributed by atoms with van der Waals surface area (Å²) in [4.78, 5) is 12.0. The number of alkyl halides is 4. The molecule has 1 aromatic carbocycles. The Kier molecular flexibility index (Phi) is 5.83. The zero-order valence-electron chi connectivity index (χ0n) is 12.6. The molecule has 1 amide bonds. The van der Waals surface area contributed by atoms with Crippen molar-refractivity contribution in [3.05, 3.63) is 40.4 Å². The van der Waals surface area contributed by atoms with Crippen LogP contribution >= 0.6 is 11.6 Å². The molecule has 136 valence electrons. The van der Waals surface area contributed by atoms with E-state index in [1.807, 2.05) is 0 Å². The molecular formula is C14H11ClF5N3O2. The van der Waals surface area contributed by atoms with Crippen LogP contribution in [0.1, 0.15) is 17.8 Å². The fourth-order valence-corrected chi connectivity index (χ4v) is 2.18. The third-order valence-electron chi connectivity index (χ3n) is 3.09. The Hall–Kier alpha value is -2.36. The fraction of sp³-hybridized carbons (Fsp3) is 0.286. The van der Waals surface area contributed by atoms with E-state index < -0.39 is 42.7 Å². The highest BCUT2D eigenvalue weighted by Gasteiger charge is 2.22. The van der Waals surface area contributed by atoms with Gasteiger partial charge in [0.15, 0.2) is 5.75 Å². The summed E-state index contributed by atoms with van der Waals surface area (Å²) in [5.41, 5.74) is -0.748. The van der Waals surface area contributed by atoms with Crippen LogP contribution in [0.5, 0.6) is 5.75 Å². The van der Waals surface area contributed by atoms with Crippen LogP contribution in [0.3, 0.4) is 0 Å². The van der Waals surface area contributed by atoms with E-state index in [0.29, 0.717) is 6.07 Å². The van der Waals surface area contributed by atoms with Gasteiger partial charge in [0.1, 0.15) is 18.1 Å². The zero-order chi connectivity index (χ0) is 18.7. The minimum absolute atomic E-state index is 0.135. The van der Waals surface area contributed by atoms with E-state index in [4.69, 9.17) is 11.6 Å². The number of rotatable bonds is 6. The quantitative estimate of drug-likeness (QED) is 0.762. The molecule has 0 aliphatic rings. The van der Waals surface area contributed by atoms with Crippen LogP contribution in [0.2, 0.25) is 5.02 Å². The molecule has 2 rings (SSSR count). The van der Waals surface area contributed by atoms with Crippen molar-refractivity contribution in [1.29, 1.82) is 0 Å². The highest BCUT2D eigenvalue weighted by molar-refractivity contribution is 6.31. The van der Waals surface area contributed by atoms with Crippen molar-refractivity contribution < 1.29 is 31.5 Å². The Morgan fingerprint density at radius 1 is 1.36 bits per heavy atom. The van der Waals surface area contributed by atoms with E-state index in [1.165, 1.54) is 6.92 Å². The third kappa shape index (κ3) is 4.59. The molecule has 0 atom stereocenters. The molecule has 0 aliphatic carbocycles. The number of carbonyl (C=O) groups excluding carboxylic acids is 1. The smallest absolute Gasteiger partial charge is 0.387 e. The lowest BCUT2D eigenvalue weighted by molar-refractivity contribution is -0.117. The summed E-state index contributed by atoms with van der Waals surface area (Å²) in [6, 6.07) is 2.63. The first-order valence-electron chi connectivity index (χ1n) is 6.74. The lowest BCUT2D eigenvalue weighted by Crippen LogP contribution is -2.21. The largest absolute Gasteiger partial charge is 0.432 e. The Bertz CT molecular complexity index is 782. The van der Waals surface area contributed by atoms with Gasteiger partial charge in [-0.25, -0.2) is 13.2 Å². The lowest BCUT2D eigenvalue weighted by atomic mass is 10.2. The van der Waals surface area contributed by atoms with Crippen molar-refractivity contribution in [2.45, 2.75) is 26.5 Å². The summed E-state index contributed by atoms with van der Waals surface area (Å²) in [6.07, 6.45) is -2.92. The highest BCUT2D eigenvalue weighted by atomic mass is 35.5. The van der Waals surface area contributed by atoms with Gasteiger partial charge in [0.2, 0.25) is 5.91 Å². The molecule has 0 aliphatic heterocycles. The number of nitrogens with zero attached hydrogens (tertiary/aromatic N) is 2. The van der Waals surface area contributed by atoms with Crippen molar-refractivity contribution in [2.24, 2.45) is 0 Å². The number of amides is 1. The van der Waals surface area contributed by atoms with Gasteiger partial charge in [-0.1, -0.05) is 11.6 Å². The molecule has 0 saturated heterocycles. The highest BCUT2D eigenvalue weighted by Crippen LogP contribution is 2.29. The van der Waals surface area contributed by atoms with Crippen LogP contribution in [-0.4, -0.2) is 22.3 Å². The predicted octanol–water partition coefficient (Wildman–Crippen LogP) is 4.16. The molecule has 1 N–H and O–H groups in total. The van der Waals surface area contributed by atoms with Gasteiger partial charge in [-0.15, -0.1) is 0 Å². The standard InChI is InChI=1S/C14H11ClF5N3O2/c1-6-11(15)12(13(17)18)22-23(6)5-10(24)21-8-3-2-7(16)4-9(8)25-14(19)20/h2-4,13-14H,5H2,1H3,(H,21,24). The number of ether oxygens (including phenoxy) is 1. The summed E-state index contributed by atoms with van der Waals surface area (Å²) in [5.74, 6) is -2.20. The molecule has 0 saturated carbocycles. The first kappa shape index (κ1) is 19.0. The molecule has 0 unspecified atom stereocenters. The molecule has 1 aromatic heterocycles. The van der Waals surface area contributed by atoms with Gasteiger partial charge in [0.05, 0.1) is 16.4 Å². The Morgan fingerprint density at radius 3 is 2.60 bits per heavy atom. The maximum atomic E-state index is 13.1. The van der Waals surface area contributed by atoms with Gasteiger partial charge in [0.25, 0.3) is 6.43 Å².